The van der Waals surface area contributed by atoms with Gasteiger partial charge >= 0.3 is 0 Å². The first-order chi connectivity index (χ1) is 8.77. The molecule has 3 heteroatoms. The number of nitrogens with zero attached hydrogens (tertiary/aromatic N) is 2. The van der Waals surface area contributed by atoms with Gasteiger partial charge in [0.15, 0.2) is 0 Å². The van der Waals surface area contributed by atoms with Gasteiger partial charge in [0, 0.05) is 12.4 Å². The largest absolute Gasteiger partial charge is 0.307 e. The minimum absolute atomic E-state index is 0.322. The van der Waals surface area contributed by atoms with Gasteiger partial charge in [-0.1, -0.05) is 39.5 Å². The highest BCUT2D eigenvalue weighted by atomic mass is 15.0. The van der Waals surface area contributed by atoms with E-state index < -0.39 is 0 Å². The summed E-state index contributed by atoms with van der Waals surface area (Å²) in [6.07, 6.45) is 11.3. The summed E-state index contributed by atoms with van der Waals surface area (Å²) in [6, 6.07) is 0.322. The maximum absolute atomic E-state index is 4.46. The molecule has 3 nitrogen and oxygen atoms in total. The van der Waals surface area contributed by atoms with Crippen LogP contribution in [-0.2, 0) is 0 Å². The van der Waals surface area contributed by atoms with E-state index in [0.29, 0.717) is 6.04 Å². The Hall–Kier alpha value is -0.960. The lowest BCUT2D eigenvalue weighted by atomic mass is 10.1. The number of hydrogen-bond donors (Lipinski definition) is 1. The van der Waals surface area contributed by atoms with E-state index in [1.165, 1.54) is 25.7 Å². The number of hydrogen-bond acceptors (Lipinski definition) is 3. The van der Waals surface area contributed by atoms with Crippen LogP contribution < -0.4 is 5.32 Å². The first kappa shape index (κ1) is 15.1. The molecule has 102 valence electrons. The predicted octanol–water partition coefficient (Wildman–Crippen LogP) is 3.80. The van der Waals surface area contributed by atoms with Crippen molar-refractivity contribution in [3.8, 4) is 0 Å². The zero-order valence-corrected chi connectivity index (χ0v) is 12.1. The molecular formula is C15H27N3. The lowest BCUT2D eigenvalue weighted by molar-refractivity contribution is 0.451. The molecule has 1 atom stereocenters. The molecular weight excluding hydrogens is 222 g/mol. The van der Waals surface area contributed by atoms with Crippen LogP contribution in [0.15, 0.2) is 12.4 Å². The second-order valence-electron chi connectivity index (χ2n) is 4.97. The van der Waals surface area contributed by atoms with Gasteiger partial charge in [0.2, 0.25) is 0 Å². The van der Waals surface area contributed by atoms with Crippen molar-refractivity contribution in [2.45, 2.75) is 65.3 Å². The Labute approximate surface area is 111 Å². The summed E-state index contributed by atoms with van der Waals surface area (Å²) in [6.45, 7) is 7.50. The molecule has 1 heterocycles. The van der Waals surface area contributed by atoms with E-state index in [9.17, 15) is 0 Å². The Balaban J connectivity index is 2.51. The van der Waals surface area contributed by atoms with Crippen molar-refractivity contribution < 1.29 is 0 Å². The summed E-state index contributed by atoms with van der Waals surface area (Å²) < 4.78 is 0. The number of unbranched alkanes of at least 4 members (excludes halogenated alkanes) is 3. The van der Waals surface area contributed by atoms with E-state index in [0.717, 1.165) is 30.8 Å². The molecule has 0 fully saturated rings. The molecule has 0 aliphatic carbocycles. The summed E-state index contributed by atoms with van der Waals surface area (Å²) in [5, 5.41) is 3.56. The molecule has 1 rings (SSSR count). The molecule has 0 aromatic carbocycles. The van der Waals surface area contributed by atoms with Crippen LogP contribution >= 0.6 is 0 Å². The lowest BCUT2D eigenvalue weighted by Gasteiger charge is -2.17. The Morgan fingerprint density at radius 1 is 1.06 bits per heavy atom. The van der Waals surface area contributed by atoms with Crippen molar-refractivity contribution >= 4 is 0 Å². The minimum atomic E-state index is 0.322. The highest BCUT2D eigenvalue weighted by Gasteiger charge is 2.12. The molecule has 1 N–H and O–H groups in total. The molecule has 0 aliphatic rings. The van der Waals surface area contributed by atoms with E-state index in [4.69, 9.17) is 0 Å². The predicted molar refractivity (Wildman–Crippen MR) is 76.6 cm³/mol. The molecule has 0 amide bonds. The molecule has 1 unspecified atom stereocenters. The van der Waals surface area contributed by atoms with Crippen LogP contribution in [0, 0.1) is 6.92 Å². The van der Waals surface area contributed by atoms with Crippen LogP contribution in [0.4, 0.5) is 0 Å². The smallest absolute Gasteiger partial charge is 0.145 e. The van der Waals surface area contributed by atoms with Crippen molar-refractivity contribution in [1.82, 2.24) is 15.3 Å². The highest BCUT2D eigenvalue weighted by Crippen LogP contribution is 2.17. The van der Waals surface area contributed by atoms with Gasteiger partial charge in [-0.05, 0) is 31.9 Å². The summed E-state index contributed by atoms with van der Waals surface area (Å²) in [7, 11) is 0. The Morgan fingerprint density at radius 3 is 2.39 bits per heavy atom. The number of aromatic nitrogens is 2. The SMILES string of the molecule is CCCCCCC(NCCC)c1ncc(C)cn1. The molecule has 0 saturated heterocycles. The van der Waals surface area contributed by atoms with E-state index >= 15 is 0 Å². The molecule has 0 radical (unpaired) electrons. The first-order valence-electron chi connectivity index (χ1n) is 7.29. The van der Waals surface area contributed by atoms with E-state index in [2.05, 4.69) is 29.1 Å². The third kappa shape index (κ3) is 5.58. The molecule has 0 bridgehead atoms. The normalized spacial score (nSPS) is 12.6. The standard InChI is InChI=1S/C15H27N3/c1-4-6-7-8-9-14(16-10-5-2)15-17-11-13(3)12-18-15/h11-12,14,16H,4-10H2,1-3H3. The van der Waals surface area contributed by atoms with Crippen LogP contribution in [0.5, 0.6) is 0 Å². The molecule has 0 saturated carbocycles. The van der Waals surface area contributed by atoms with Gasteiger partial charge in [-0.25, -0.2) is 9.97 Å². The van der Waals surface area contributed by atoms with Gasteiger partial charge < -0.3 is 5.32 Å². The van der Waals surface area contributed by atoms with Crippen LogP contribution in [0.2, 0.25) is 0 Å². The zero-order valence-electron chi connectivity index (χ0n) is 12.1. The van der Waals surface area contributed by atoms with Crippen LogP contribution in [-0.4, -0.2) is 16.5 Å². The third-order valence-corrected chi connectivity index (χ3v) is 3.10. The van der Waals surface area contributed by atoms with Crippen molar-refractivity contribution in [1.29, 1.82) is 0 Å². The van der Waals surface area contributed by atoms with Crippen molar-refractivity contribution in [3.63, 3.8) is 0 Å². The first-order valence-corrected chi connectivity index (χ1v) is 7.29. The summed E-state index contributed by atoms with van der Waals surface area (Å²) in [5.74, 6) is 0.950. The Bertz CT molecular complexity index is 308. The lowest BCUT2D eigenvalue weighted by Crippen LogP contribution is -2.24. The van der Waals surface area contributed by atoms with E-state index in [1.54, 1.807) is 0 Å². The average molecular weight is 249 g/mol. The van der Waals surface area contributed by atoms with Crippen molar-refractivity contribution in [2.75, 3.05) is 6.54 Å². The zero-order chi connectivity index (χ0) is 13.2. The molecule has 0 spiro atoms. The average Bonchev–Trinajstić information content (AvgIpc) is 2.39. The van der Waals surface area contributed by atoms with Crippen LogP contribution in [0.1, 0.15) is 69.8 Å². The van der Waals surface area contributed by atoms with Gasteiger partial charge in [0.1, 0.15) is 5.82 Å². The van der Waals surface area contributed by atoms with Crippen molar-refractivity contribution in [3.05, 3.63) is 23.8 Å². The highest BCUT2D eigenvalue weighted by molar-refractivity contribution is 5.04. The quantitative estimate of drug-likeness (QED) is 0.676. The number of rotatable bonds is 9. The number of nitrogens with one attached hydrogen (secondary N) is 1. The summed E-state index contributed by atoms with van der Waals surface area (Å²) in [5.41, 5.74) is 1.12. The molecule has 0 aliphatic heterocycles. The van der Waals surface area contributed by atoms with Gasteiger partial charge in [0.05, 0.1) is 6.04 Å². The van der Waals surface area contributed by atoms with Crippen molar-refractivity contribution in [2.24, 2.45) is 0 Å². The molecule has 18 heavy (non-hydrogen) atoms. The summed E-state index contributed by atoms with van der Waals surface area (Å²) in [4.78, 5) is 8.91. The Morgan fingerprint density at radius 2 is 1.78 bits per heavy atom. The summed E-state index contributed by atoms with van der Waals surface area (Å²) >= 11 is 0. The van der Waals surface area contributed by atoms with Gasteiger partial charge in [0.25, 0.3) is 0 Å². The van der Waals surface area contributed by atoms with Gasteiger partial charge in [-0.3, -0.25) is 0 Å². The topological polar surface area (TPSA) is 37.8 Å². The fourth-order valence-electron chi connectivity index (χ4n) is 2.00. The maximum atomic E-state index is 4.46. The monoisotopic (exact) mass is 249 g/mol. The maximum Gasteiger partial charge on any atom is 0.145 e. The molecule has 1 aromatic heterocycles. The second-order valence-corrected chi connectivity index (χ2v) is 4.97. The minimum Gasteiger partial charge on any atom is -0.307 e. The fourth-order valence-corrected chi connectivity index (χ4v) is 2.00. The Kier molecular flexibility index (Phi) is 7.58. The molecule has 1 aromatic rings. The van der Waals surface area contributed by atoms with Gasteiger partial charge in [-0.15, -0.1) is 0 Å². The van der Waals surface area contributed by atoms with Crippen LogP contribution in [0.3, 0.4) is 0 Å². The number of aryl methyl sites for hydroxylation is 1. The third-order valence-electron chi connectivity index (χ3n) is 3.10. The van der Waals surface area contributed by atoms with E-state index in [1.807, 2.05) is 19.3 Å². The van der Waals surface area contributed by atoms with Crippen LogP contribution in [0.25, 0.3) is 0 Å². The second kappa shape index (κ2) is 9.03. The van der Waals surface area contributed by atoms with Gasteiger partial charge in [-0.2, -0.15) is 0 Å². The fraction of sp³-hybridized carbons (Fsp3) is 0.733. The van der Waals surface area contributed by atoms with E-state index in [-0.39, 0.29) is 0 Å².